The van der Waals surface area contributed by atoms with Gasteiger partial charge < -0.3 is 4.90 Å². The zero-order valence-corrected chi connectivity index (χ0v) is 24.8. The van der Waals surface area contributed by atoms with E-state index < -0.39 is 9.71 Å². The van der Waals surface area contributed by atoms with E-state index in [-0.39, 0.29) is 41.0 Å². The molecule has 4 heterocycles. The molecule has 216 valence electrons. The third-order valence-corrected chi connectivity index (χ3v) is 12.0. The van der Waals surface area contributed by atoms with Gasteiger partial charge in [-0.05, 0) is 50.8 Å². The zero-order valence-electron chi connectivity index (χ0n) is 24.0. The second-order valence-electron chi connectivity index (χ2n) is 12.4. The summed E-state index contributed by atoms with van der Waals surface area (Å²) < 4.78 is 20.6. The van der Waals surface area contributed by atoms with Gasteiger partial charge in [0, 0.05) is 58.6 Å². The Bertz CT molecular complexity index is 1860. The van der Waals surface area contributed by atoms with Crippen LogP contribution in [-0.2, 0) is 32.9 Å². The van der Waals surface area contributed by atoms with E-state index in [2.05, 4.69) is 35.2 Å². The lowest BCUT2D eigenvalue weighted by Gasteiger charge is -2.35. The Balaban J connectivity index is 1.40. The van der Waals surface area contributed by atoms with Gasteiger partial charge in [0.2, 0.25) is 11.9 Å². The van der Waals surface area contributed by atoms with E-state index in [4.69, 9.17) is 9.82 Å². The predicted molar refractivity (Wildman–Crippen MR) is 158 cm³/mol. The number of carbonyl (C=O) groups excluding carboxylic acids is 1. The highest BCUT2D eigenvalue weighted by Crippen LogP contribution is 2.48. The summed E-state index contributed by atoms with van der Waals surface area (Å²) in [4.78, 5) is 41.0. The zero-order chi connectivity index (χ0) is 28.9. The van der Waals surface area contributed by atoms with Crippen LogP contribution in [-0.4, -0.2) is 64.4 Å². The standard InChI is InChI=1S/C29H35N7O4S/c1-17-10-19(6-9-35(17)26(38)28(2)7-8-28)21-11-20(41(39)23-13-29(23,3)33-41)12-22-24(21)31-27(32-40-5)36(25(22)37)16-18-14-30-34(4)15-18/h6,11-12,14-15,17H,7-10,13,16H2,1-5H3,(H,31,32)(H,33,39)/t17-,29?,41?/m1/s1. The molecule has 2 fully saturated rings. The van der Waals surface area contributed by atoms with Crippen molar-refractivity contribution in [2.24, 2.45) is 12.5 Å². The molecule has 2 saturated carbocycles. The van der Waals surface area contributed by atoms with Crippen molar-refractivity contribution >= 4 is 42.9 Å². The molecule has 3 aromatic rings. The van der Waals surface area contributed by atoms with E-state index in [1.807, 2.05) is 31.1 Å². The number of amides is 1. The fraction of sp³-hybridized carbons (Fsp3) is 0.483. The summed E-state index contributed by atoms with van der Waals surface area (Å²) >= 11 is 0. The van der Waals surface area contributed by atoms with Crippen LogP contribution in [0.2, 0.25) is 0 Å². The molecule has 12 heteroatoms. The van der Waals surface area contributed by atoms with Gasteiger partial charge >= 0.3 is 0 Å². The number of rotatable bonds is 7. The minimum absolute atomic E-state index is 0.0161. The largest absolute Gasteiger partial charge is 0.335 e. The molecular weight excluding hydrogens is 542 g/mol. The molecule has 2 aliphatic heterocycles. The number of carbonyl (C=O) groups is 1. The SMILES string of the molecule is CONc1nc2c(C3=CCN(C(=O)C4(C)CC4)[C@H](C)C3)cc(S3(=O)=C4CC4(C)N3)cc2c(=O)n1Cc1cnn(C)c1. The molecule has 1 amide bonds. The van der Waals surface area contributed by atoms with Crippen molar-refractivity contribution in [1.29, 1.82) is 0 Å². The maximum absolute atomic E-state index is 14.1. The van der Waals surface area contributed by atoms with Gasteiger partial charge in [-0.3, -0.25) is 23.7 Å². The van der Waals surface area contributed by atoms with Crippen molar-refractivity contribution < 1.29 is 13.8 Å². The molecule has 2 unspecified atom stereocenters. The number of fused-ring (bicyclic) bond motifs is 2. The van der Waals surface area contributed by atoms with E-state index in [1.54, 1.807) is 16.9 Å². The van der Waals surface area contributed by atoms with Crippen LogP contribution in [0, 0.1) is 5.41 Å². The Hall–Kier alpha value is -3.48. The van der Waals surface area contributed by atoms with Crippen molar-refractivity contribution in [2.75, 3.05) is 19.1 Å². The molecule has 0 bridgehead atoms. The van der Waals surface area contributed by atoms with Crippen molar-refractivity contribution in [3.63, 3.8) is 0 Å². The van der Waals surface area contributed by atoms with Crippen LogP contribution < -0.4 is 15.8 Å². The van der Waals surface area contributed by atoms with E-state index in [1.165, 1.54) is 11.7 Å². The lowest BCUT2D eigenvalue weighted by atomic mass is 9.92. The minimum Gasteiger partial charge on any atom is -0.335 e. The second-order valence-corrected chi connectivity index (χ2v) is 14.7. The normalized spacial score (nSPS) is 27.7. The highest BCUT2D eigenvalue weighted by atomic mass is 32.2. The van der Waals surface area contributed by atoms with Gasteiger partial charge in [0.25, 0.3) is 5.56 Å². The summed E-state index contributed by atoms with van der Waals surface area (Å²) in [5.74, 6) is 0.466. The molecule has 7 rings (SSSR count). The third-order valence-electron chi connectivity index (χ3n) is 9.08. The third kappa shape index (κ3) is 4.06. The summed E-state index contributed by atoms with van der Waals surface area (Å²) in [6.07, 6.45) is 8.86. The molecule has 0 saturated heterocycles. The monoisotopic (exact) mass is 577 g/mol. The summed E-state index contributed by atoms with van der Waals surface area (Å²) in [6.45, 7) is 6.87. The van der Waals surface area contributed by atoms with Gasteiger partial charge in [0.1, 0.15) is 0 Å². The van der Waals surface area contributed by atoms with Gasteiger partial charge in [0.15, 0.2) is 0 Å². The summed E-state index contributed by atoms with van der Waals surface area (Å²) in [6, 6.07) is 3.65. The Morgan fingerprint density at radius 2 is 2.07 bits per heavy atom. The highest BCUT2D eigenvalue weighted by Gasteiger charge is 2.59. The van der Waals surface area contributed by atoms with Crippen molar-refractivity contribution in [1.82, 2.24) is 29.0 Å². The number of aryl methyl sites for hydroxylation is 1. The van der Waals surface area contributed by atoms with Crippen molar-refractivity contribution in [3.8, 4) is 0 Å². The van der Waals surface area contributed by atoms with Gasteiger partial charge in [-0.15, -0.1) is 0 Å². The van der Waals surface area contributed by atoms with E-state index in [0.717, 1.165) is 40.8 Å². The number of anilines is 1. The number of benzene rings is 1. The van der Waals surface area contributed by atoms with E-state index in [0.29, 0.717) is 28.8 Å². The Kier molecular flexibility index (Phi) is 5.65. The first-order chi connectivity index (χ1) is 19.5. The lowest BCUT2D eigenvalue weighted by molar-refractivity contribution is -0.137. The van der Waals surface area contributed by atoms with Crippen LogP contribution in [0.25, 0.3) is 16.5 Å². The van der Waals surface area contributed by atoms with Crippen LogP contribution in [0.15, 0.2) is 40.3 Å². The molecule has 11 nitrogen and oxygen atoms in total. The smallest absolute Gasteiger partial charge is 0.263 e. The fourth-order valence-corrected chi connectivity index (χ4v) is 9.18. The van der Waals surface area contributed by atoms with Gasteiger partial charge in [-0.2, -0.15) is 5.10 Å². The molecule has 3 atom stereocenters. The molecule has 1 aromatic carbocycles. The van der Waals surface area contributed by atoms with Gasteiger partial charge in [-0.1, -0.05) is 13.0 Å². The average molecular weight is 578 g/mol. The number of hydrogen-bond donors (Lipinski definition) is 2. The minimum atomic E-state index is -2.59. The van der Waals surface area contributed by atoms with Crippen LogP contribution in [0.1, 0.15) is 57.6 Å². The van der Waals surface area contributed by atoms with Crippen LogP contribution in [0.3, 0.4) is 0 Å². The number of nitrogens with one attached hydrogen (secondary N) is 2. The van der Waals surface area contributed by atoms with Crippen LogP contribution >= 0.6 is 0 Å². The first kappa shape index (κ1) is 26.4. The predicted octanol–water partition coefficient (Wildman–Crippen LogP) is 2.45. The summed E-state index contributed by atoms with van der Waals surface area (Å²) in [5.41, 5.74) is 5.20. The van der Waals surface area contributed by atoms with E-state index >= 15 is 0 Å². The molecule has 2 aliphatic carbocycles. The lowest BCUT2D eigenvalue weighted by Crippen LogP contribution is -2.47. The molecule has 2 N–H and O–H groups in total. The van der Waals surface area contributed by atoms with Gasteiger partial charge in [-0.25, -0.2) is 19.4 Å². The molecule has 0 radical (unpaired) electrons. The maximum atomic E-state index is 14.1. The number of nitrogens with zero attached hydrogens (tertiary/aromatic N) is 5. The van der Waals surface area contributed by atoms with E-state index in [9.17, 15) is 13.8 Å². The number of hydrogen-bond acceptors (Lipinski definition) is 7. The quantitative estimate of drug-likeness (QED) is 0.327. The molecule has 0 spiro atoms. The summed E-state index contributed by atoms with van der Waals surface area (Å²) in [5, 5.41) is 4.62. The van der Waals surface area contributed by atoms with Crippen LogP contribution in [0.5, 0.6) is 0 Å². The highest BCUT2D eigenvalue weighted by molar-refractivity contribution is 8.03. The summed E-state index contributed by atoms with van der Waals surface area (Å²) in [7, 11) is 0.704. The van der Waals surface area contributed by atoms with Crippen molar-refractivity contribution in [3.05, 3.63) is 52.1 Å². The molecule has 4 aliphatic rings. The topological polar surface area (TPSA) is 123 Å². The fourth-order valence-electron chi connectivity index (χ4n) is 6.24. The van der Waals surface area contributed by atoms with Gasteiger partial charge in [0.05, 0.1) is 46.0 Å². The average Bonchev–Trinajstić information content (AvgIpc) is 3.77. The Morgan fingerprint density at radius 1 is 1.29 bits per heavy atom. The second kappa shape index (κ2) is 8.76. The molecule has 2 aromatic heterocycles. The first-order valence-corrected chi connectivity index (χ1v) is 15.6. The Labute approximate surface area is 238 Å². The Morgan fingerprint density at radius 3 is 2.66 bits per heavy atom. The van der Waals surface area contributed by atoms with Crippen molar-refractivity contribution in [2.45, 2.75) is 69.5 Å². The molecular formula is C29H35N7O4S. The maximum Gasteiger partial charge on any atom is 0.263 e. The van der Waals surface area contributed by atoms with Crippen LogP contribution in [0.4, 0.5) is 5.95 Å². The number of aromatic nitrogens is 4. The molecule has 41 heavy (non-hydrogen) atoms. The first-order valence-electron chi connectivity index (χ1n) is 14.0.